The average molecular weight is 355 g/mol. The van der Waals surface area contributed by atoms with Gasteiger partial charge in [0.1, 0.15) is 5.38 Å². The first kappa shape index (κ1) is 13.0. The molecule has 0 radical (unpaired) electrons. The van der Waals surface area contributed by atoms with Crippen LogP contribution in [0.4, 0.5) is 5.69 Å². The summed E-state index contributed by atoms with van der Waals surface area (Å²) in [5, 5.41) is 2.19. The van der Waals surface area contributed by atoms with Gasteiger partial charge < -0.3 is 5.32 Å². The van der Waals surface area contributed by atoms with Gasteiger partial charge in [0.2, 0.25) is 5.91 Å². The van der Waals surface area contributed by atoms with Gasteiger partial charge in [-0.2, -0.15) is 0 Å². The molecule has 0 fully saturated rings. The van der Waals surface area contributed by atoms with E-state index in [4.69, 9.17) is 11.6 Å². The van der Waals surface area contributed by atoms with Crippen molar-refractivity contribution in [3.05, 3.63) is 26.6 Å². The molecule has 1 aromatic rings. The first-order chi connectivity index (χ1) is 6.91. The fourth-order valence-corrected chi connectivity index (χ4v) is 2.71. The summed E-state index contributed by atoms with van der Waals surface area (Å²) in [6, 6.07) is 3.86. The van der Waals surface area contributed by atoms with Gasteiger partial charge in [0.25, 0.3) is 0 Å². The zero-order valence-electron chi connectivity index (χ0n) is 8.27. The molecule has 0 bridgehead atoms. The summed E-state index contributed by atoms with van der Waals surface area (Å²) in [5.74, 6) is -0.220. The zero-order valence-corrected chi connectivity index (χ0v) is 12.2. The van der Waals surface area contributed by atoms with Crippen LogP contribution in [-0.4, -0.2) is 11.3 Å². The highest BCUT2D eigenvalue weighted by Crippen LogP contribution is 2.32. The van der Waals surface area contributed by atoms with E-state index in [2.05, 4.69) is 37.2 Å². The molecule has 0 aliphatic carbocycles. The van der Waals surface area contributed by atoms with Crippen LogP contribution >= 0.6 is 43.5 Å². The molecule has 1 N–H and O–H groups in total. The van der Waals surface area contributed by atoms with E-state index in [0.717, 1.165) is 14.5 Å². The molecule has 0 spiro atoms. The van der Waals surface area contributed by atoms with E-state index < -0.39 is 5.38 Å². The Morgan fingerprint density at radius 3 is 2.27 bits per heavy atom. The van der Waals surface area contributed by atoms with Crippen LogP contribution in [0.1, 0.15) is 12.5 Å². The standard InChI is InChI=1S/C10H10Br2ClNO/c1-5-3-7(11)9(8(12)4-5)14-10(15)6(2)13/h3-4,6H,1-2H3,(H,14,15)/t6-/m1/s1. The number of nitrogens with one attached hydrogen (secondary N) is 1. The minimum absolute atomic E-state index is 0.220. The van der Waals surface area contributed by atoms with Gasteiger partial charge in [0.15, 0.2) is 0 Å². The van der Waals surface area contributed by atoms with E-state index in [0.29, 0.717) is 5.69 Å². The van der Waals surface area contributed by atoms with Crippen LogP contribution in [0.3, 0.4) is 0 Å². The van der Waals surface area contributed by atoms with Crippen LogP contribution < -0.4 is 5.32 Å². The SMILES string of the molecule is Cc1cc(Br)c(NC(=O)[C@@H](C)Cl)c(Br)c1. The van der Waals surface area contributed by atoms with E-state index in [9.17, 15) is 4.79 Å². The van der Waals surface area contributed by atoms with Crippen molar-refractivity contribution in [3.8, 4) is 0 Å². The number of hydrogen-bond acceptors (Lipinski definition) is 1. The quantitative estimate of drug-likeness (QED) is 0.796. The number of anilines is 1. The third kappa shape index (κ3) is 3.47. The molecular weight excluding hydrogens is 345 g/mol. The maximum atomic E-state index is 11.4. The summed E-state index contributed by atoms with van der Waals surface area (Å²) >= 11 is 12.4. The zero-order chi connectivity index (χ0) is 11.6. The van der Waals surface area contributed by atoms with E-state index in [-0.39, 0.29) is 5.91 Å². The molecule has 82 valence electrons. The first-order valence-electron chi connectivity index (χ1n) is 4.32. The third-order valence-corrected chi connectivity index (χ3v) is 3.24. The van der Waals surface area contributed by atoms with Crippen molar-refractivity contribution in [2.75, 3.05) is 5.32 Å². The van der Waals surface area contributed by atoms with E-state index in [1.54, 1.807) is 6.92 Å². The summed E-state index contributed by atoms with van der Waals surface area (Å²) in [6.45, 7) is 3.61. The van der Waals surface area contributed by atoms with Crippen LogP contribution in [0.2, 0.25) is 0 Å². The van der Waals surface area contributed by atoms with Crippen LogP contribution in [0.5, 0.6) is 0 Å². The Hall–Kier alpha value is -0.0600. The van der Waals surface area contributed by atoms with Crippen molar-refractivity contribution in [2.24, 2.45) is 0 Å². The number of hydrogen-bond donors (Lipinski definition) is 1. The molecule has 0 unspecified atom stereocenters. The van der Waals surface area contributed by atoms with Crippen LogP contribution in [0.15, 0.2) is 21.1 Å². The van der Waals surface area contributed by atoms with Crippen molar-refractivity contribution >= 4 is 55.1 Å². The highest BCUT2D eigenvalue weighted by atomic mass is 79.9. The highest BCUT2D eigenvalue weighted by Gasteiger charge is 2.13. The molecule has 0 saturated heterocycles. The van der Waals surface area contributed by atoms with Crippen molar-refractivity contribution < 1.29 is 4.79 Å². The molecule has 5 heteroatoms. The maximum Gasteiger partial charge on any atom is 0.242 e. The second-order valence-electron chi connectivity index (χ2n) is 3.21. The summed E-state index contributed by atoms with van der Waals surface area (Å²) in [4.78, 5) is 11.4. The van der Waals surface area contributed by atoms with Crippen molar-refractivity contribution in [3.63, 3.8) is 0 Å². The van der Waals surface area contributed by atoms with Crippen molar-refractivity contribution in [1.29, 1.82) is 0 Å². The number of benzene rings is 1. The van der Waals surface area contributed by atoms with Crippen LogP contribution in [0.25, 0.3) is 0 Å². The molecular formula is C10H10Br2ClNO. The first-order valence-corrected chi connectivity index (χ1v) is 6.34. The lowest BCUT2D eigenvalue weighted by molar-refractivity contribution is -0.115. The number of halogens is 3. The molecule has 2 nitrogen and oxygen atoms in total. The van der Waals surface area contributed by atoms with Crippen LogP contribution in [-0.2, 0) is 4.79 Å². The Morgan fingerprint density at radius 2 is 1.87 bits per heavy atom. The lowest BCUT2D eigenvalue weighted by Gasteiger charge is -2.11. The Balaban J connectivity index is 3.00. The van der Waals surface area contributed by atoms with Gasteiger partial charge in [-0.3, -0.25) is 4.79 Å². The molecule has 1 amide bonds. The smallest absolute Gasteiger partial charge is 0.242 e. The molecule has 0 heterocycles. The predicted octanol–water partition coefficient (Wildman–Crippen LogP) is 4.09. The van der Waals surface area contributed by atoms with Gasteiger partial charge in [-0.15, -0.1) is 11.6 Å². The molecule has 1 rings (SSSR count). The van der Waals surface area contributed by atoms with Gasteiger partial charge >= 0.3 is 0 Å². The minimum atomic E-state index is -0.551. The molecule has 1 aromatic carbocycles. The highest BCUT2D eigenvalue weighted by molar-refractivity contribution is 9.11. The third-order valence-electron chi connectivity index (χ3n) is 1.80. The Labute approximate surface area is 111 Å². The van der Waals surface area contributed by atoms with E-state index >= 15 is 0 Å². The Kier molecular flexibility index (Phi) is 4.62. The average Bonchev–Trinajstić information content (AvgIpc) is 2.10. The van der Waals surface area contributed by atoms with Gasteiger partial charge in [0, 0.05) is 8.95 Å². The minimum Gasteiger partial charge on any atom is -0.323 e. The normalized spacial score (nSPS) is 12.3. The predicted molar refractivity (Wildman–Crippen MR) is 70.5 cm³/mol. The molecule has 1 atom stereocenters. The largest absolute Gasteiger partial charge is 0.323 e. The van der Waals surface area contributed by atoms with E-state index in [1.807, 2.05) is 19.1 Å². The number of amides is 1. The lowest BCUT2D eigenvalue weighted by Crippen LogP contribution is -2.20. The summed E-state index contributed by atoms with van der Waals surface area (Å²) in [5.41, 5.74) is 1.81. The molecule has 0 saturated carbocycles. The van der Waals surface area contributed by atoms with Gasteiger partial charge in [-0.1, -0.05) is 0 Å². The maximum absolute atomic E-state index is 11.4. The molecule has 15 heavy (non-hydrogen) atoms. The number of carbonyl (C=O) groups is 1. The van der Waals surface area contributed by atoms with Crippen molar-refractivity contribution in [2.45, 2.75) is 19.2 Å². The summed E-state index contributed by atoms with van der Waals surface area (Å²) in [6.07, 6.45) is 0. The fraction of sp³-hybridized carbons (Fsp3) is 0.300. The number of rotatable bonds is 2. The Morgan fingerprint density at radius 1 is 1.40 bits per heavy atom. The summed E-state index contributed by atoms with van der Waals surface area (Å²) < 4.78 is 1.67. The van der Waals surface area contributed by atoms with Gasteiger partial charge in [0.05, 0.1) is 5.69 Å². The molecule has 0 aliphatic heterocycles. The van der Waals surface area contributed by atoms with Crippen molar-refractivity contribution in [1.82, 2.24) is 0 Å². The fourth-order valence-electron chi connectivity index (χ4n) is 1.04. The molecule has 0 aliphatic rings. The lowest BCUT2D eigenvalue weighted by atomic mass is 10.2. The van der Waals surface area contributed by atoms with Gasteiger partial charge in [-0.25, -0.2) is 0 Å². The monoisotopic (exact) mass is 353 g/mol. The second kappa shape index (κ2) is 5.32. The number of aryl methyl sites for hydroxylation is 1. The number of alkyl halides is 1. The van der Waals surface area contributed by atoms with Crippen LogP contribution in [0, 0.1) is 6.92 Å². The summed E-state index contributed by atoms with van der Waals surface area (Å²) in [7, 11) is 0. The number of carbonyl (C=O) groups excluding carboxylic acids is 1. The Bertz CT molecular complexity index is 370. The second-order valence-corrected chi connectivity index (χ2v) is 5.57. The van der Waals surface area contributed by atoms with Gasteiger partial charge in [-0.05, 0) is 63.4 Å². The topological polar surface area (TPSA) is 29.1 Å². The molecule has 0 aromatic heterocycles. The van der Waals surface area contributed by atoms with E-state index in [1.165, 1.54) is 0 Å².